The Labute approximate surface area is 216 Å². The van der Waals surface area contributed by atoms with Crippen LogP contribution in [-0.2, 0) is 18.8 Å². The Kier molecular flexibility index (Phi) is 9.36. The largest absolute Gasteiger partial charge is 0.464 e. The van der Waals surface area contributed by atoms with Crippen LogP contribution in [-0.4, -0.2) is 38.7 Å². The summed E-state index contributed by atoms with van der Waals surface area (Å²) >= 11 is 5.56. The smallest absolute Gasteiger partial charge is 0.320 e. The third-order valence-electron chi connectivity index (χ3n) is 7.43. The number of halogens is 1. The summed E-state index contributed by atoms with van der Waals surface area (Å²) in [7, 11) is -2.75. The van der Waals surface area contributed by atoms with Crippen molar-refractivity contribution in [3.05, 3.63) is 60.7 Å². The van der Waals surface area contributed by atoms with E-state index in [9.17, 15) is 9.59 Å². The predicted octanol–water partition coefficient (Wildman–Crippen LogP) is 5.36. The number of esters is 1. The molecule has 0 spiro atoms. The average Bonchev–Trinajstić information content (AvgIpc) is 2.98. The molecular weight excluding hydrogens is 476 g/mol. The van der Waals surface area contributed by atoms with Gasteiger partial charge in [-0.1, -0.05) is 95.3 Å². The van der Waals surface area contributed by atoms with Crippen molar-refractivity contribution in [2.75, 3.05) is 12.5 Å². The number of hydrogen-bond donors (Lipinski definition) is 0. The SMILES string of the molecule is C[C@@H]1CC[C@H]([C@@H](C)COC(=O)CCl)C(=O)C[C@@H]1O[Si](c1ccccc1)(c1ccccc1)C(C)(C)C. The number of ether oxygens (including phenoxy) is 1. The second kappa shape index (κ2) is 11.9. The average molecular weight is 515 g/mol. The van der Waals surface area contributed by atoms with E-state index in [-0.39, 0.29) is 47.2 Å². The standard InChI is InChI=1S/C29H39ClO4Si/c1-21-16-17-25(22(2)20-33-28(32)19-30)26(31)18-27(21)34-35(29(3,4)5,23-12-8-6-9-13-23)24-14-10-7-11-15-24/h6-15,21-22,25,27H,16-20H2,1-5H3/t21-,22+,25-,27+/m1/s1. The van der Waals surface area contributed by atoms with E-state index in [1.165, 1.54) is 10.4 Å². The number of alkyl halides is 1. The summed E-state index contributed by atoms with van der Waals surface area (Å²) in [5.41, 5.74) is 0. The molecule has 1 aliphatic rings. The van der Waals surface area contributed by atoms with Crippen molar-refractivity contribution in [3.8, 4) is 0 Å². The van der Waals surface area contributed by atoms with Crippen LogP contribution in [0.15, 0.2) is 60.7 Å². The van der Waals surface area contributed by atoms with Gasteiger partial charge < -0.3 is 9.16 Å². The van der Waals surface area contributed by atoms with E-state index in [2.05, 4.69) is 76.2 Å². The molecular formula is C29H39ClO4Si. The number of ketones is 1. The molecule has 0 N–H and O–H groups in total. The molecule has 6 heteroatoms. The fourth-order valence-corrected chi connectivity index (χ4v) is 10.3. The van der Waals surface area contributed by atoms with E-state index < -0.39 is 14.3 Å². The highest BCUT2D eigenvalue weighted by atomic mass is 35.5. The van der Waals surface area contributed by atoms with Crippen LogP contribution in [0.4, 0.5) is 0 Å². The molecule has 3 rings (SSSR count). The maximum atomic E-state index is 13.5. The summed E-state index contributed by atoms with van der Waals surface area (Å²) in [6.07, 6.45) is 1.88. The molecule has 1 aliphatic carbocycles. The van der Waals surface area contributed by atoms with Gasteiger partial charge in [-0.15, -0.1) is 11.6 Å². The maximum Gasteiger partial charge on any atom is 0.320 e. The summed E-state index contributed by atoms with van der Waals surface area (Å²) in [4.78, 5) is 25.0. The molecule has 0 saturated heterocycles. The summed E-state index contributed by atoms with van der Waals surface area (Å²) in [6, 6.07) is 21.1. The molecule has 4 atom stereocenters. The van der Waals surface area contributed by atoms with Gasteiger partial charge in [0.25, 0.3) is 8.32 Å². The third kappa shape index (κ3) is 6.25. The van der Waals surface area contributed by atoms with Gasteiger partial charge in [0.1, 0.15) is 11.7 Å². The minimum absolute atomic E-state index is 0.0477. The van der Waals surface area contributed by atoms with Crippen LogP contribution in [0.1, 0.15) is 53.9 Å². The van der Waals surface area contributed by atoms with Crippen molar-refractivity contribution in [1.82, 2.24) is 0 Å². The lowest BCUT2D eigenvalue weighted by Crippen LogP contribution is -2.68. The van der Waals surface area contributed by atoms with Gasteiger partial charge in [0.2, 0.25) is 0 Å². The van der Waals surface area contributed by atoms with Gasteiger partial charge in [0.05, 0.1) is 12.7 Å². The van der Waals surface area contributed by atoms with E-state index in [1.54, 1.807) is 0 Å². The molecule has 190 valence electrons. The van der Waals surface area contributed by atoms with Gasteiger partial charge in [0.15, 0.2) is 0 Å². The number of Topliss-reactive ketones (excluding diaryl/α,β-unsaturated/α-hetero) is 1. The number of benzene rings is 2. The quantitative estimate of drug-likeness (QED) is 0.206. The third-order valence-corrected chi connectivity index (χ3v) is 12.7. The Hall–Kier alpha value is -1.95. The van der Waals surface area contributed by atoms with Crippen LogP contribution >= 0.6 is 11.6 Å². The first-order chi connectivity index (χ1) is 16.6. The Balaban J connectivity index is 1.95. The van der Waals surface area contributed by atoms with Crippen molar-refractivity contribution >= 4 is 42.0 Å². The second-order valence-corrected chi connectivity index (χ2v) is 15.5. The number of rotatable bonds is 8. The maximum absolute atomic E-state index is 13.5. The van der Waals surface area contributed by atoms with Crippen LogP contribution in [0.2, 0.25) is 5.04 Å². The zero-order valence-corrected chi connectivity index (χ0v) is 23.4. The van der Waals surface area contributed by atoms with Crippen molar-refractivity contribution in [3.63, 3.8) is 0 Å². The number of hydrogen-bond acceptors (Lipinski definition) is 4. The van der Waals surface area contributed by atoms with E-state index in [1.807, 2.05) is 19.1 Å². The van der Waals surface area contributed by atoms with E-state index in [0.717, 1.165) is 12.8 Å². The first-order valence-electron chi connectivity index (χ1n) is 12.6. The molecule has 0 amide bonds. The van der Waals surface area contributed by atoms with Crippen LogP contribution in [0, 0.1) is 17.8 Å². The fraction of sp³-hybridized carbons (Fsp3) is 0.517. The number of carbonyl (C=O) groups excluding carboxylic acids is 2. The molecule has 1 saturated carbocycles. The zero-order valence-electron chi connectivity index (χ0n) is 21.6. The zero-order chi connectivity index (χ0) is 25.6. The Morgan fingerprint density at radius 3 is 2.06 bits per heavy atom. The summed E-state index contributed by atoms with van der Waals surface area (Å²) in [6.45, 7) is 11.2. The Bertz CT molecular complexity index is 934. The van der Waals surface area contributed by atoms with Gasteiger partial charge in [-0.2, -0.15) is 0 Å². The van der Waals surface area contributed by atoms with Crippen LogP contribution < -0.4 is 10.4 Å². The highest BCUT2D eigenvalue weighted by molar-refractivity contribution is 6.99. The van der Waals surface area contributed by atoms with E-state index in [0.29, 0.717) is 6.42 Å². The molecule has 0 aromatic heterocycles. The van der Waals surface area contributed by atoms with E-state index >= 15 is 0 Å². The predicted molar refractivity (Wildman–Crippen MR) is 145 cm³/mol. The van der Waals surface area contributed by atoms with E-state index in [4.69, 9.17) is 20.8 Å². The van der Waals surface area contributed by atoms with Crippen molar-refractivity contribution < 1.29 is 18.8 Å². The minimum atomic E-state index is -2.75. The van der Waals surface area contributed by atoms with Gasteiger partial charge in [-0.05, 0) is 40.1 Å². The highest BCUT2D eigenvalue weighted by Crippen LogP contribution is 2.40. The topological polar surface area (TPSA) is 52.6 Å². The minimum Gasteiger partial charge on any atom is -0.464 e. The van der Waals surface area contributed by atoms with Gasteiger partial charge in [0, 0.05) is 12.3 Å². The molecule has 35 heavy (non-hydrogen) atoms. The molecule has 0 bridgehead atoms. The Morgan fingerprint density at radius 2 is 1.57 bits per heavy atom. The molecule has 0 unspecified atom stereocenters. The first-order valence-corrected chi connectivity index (χ1v) is 15.1. The van der Waals surface area contributed by atoms with Gasteiger partial charge >= 0.3 is 5.97 Å². The van der Waals surface area contributed by atoms with Crippen LogP contribution in [0.5, 0.6) is 0 Å². The fourth-order valence-electron chi connectivity index (χ4n) is 5.40. The van der Waals surface area contributed by atoms with Crippen LogP contribution in [0.25, 0.3) is 0 Å². The molecule has 0 aliphatic heterocycles. The lowest BCUT2D eigenvalue weighted by Gasteiger charge is -2.46. The molecule has 0 heterocycles. The molecule has 1 fully saturated rings. The number of carbonyl (C=O) groups is 2. The first kappa shape index (κ1) is 27.6. The van der Waals surface area contributed by atoms with Crippen molar-refractivity contribution in [1.29, 1.82) is 0 Å². The van der Waals surface area contributed by atoms with Crippen molar-refractivity contribution in [2.45, 2.75) is 65.0 Å². The molecule has 2 aromatic carbocycles. The lowest BCUT2D eigenvalue weighted by atomic mass is 9.87. The Morgan fingerprint density at radius 1 is 1.03 bits per heavy atom. The summed E-state index contributed by atoms with van der Waals surface area (Å²) in [5.74, 6) is -0.367. The van der Waals surface area contributed by atoms with Crippen LogP contribution in [0.3, 0.4) is 0 Å². The normalized spacial score (nSPS) is 22.3. The highest BCUT2D eigenvalue weighted by Gasteiger charge is 2.52. The summed E-state index contributed by atoms with van der Waals surface area (Å²) < 4.78 is 12.6. The lowest BCUT2D eigenvalue weighted by molar-refractivity contribution is -0.143. The van der Waals surface area contributed by atoms with Gasteiger partial charge in [-0.25, -0.2) is 0 Å². The van der Waals surface area contributed by atoms with Gasteiger partial charge in [-0.3, -0.25) is 9.59 Å². The monoisotopic (exact) mass is 514 g/mol. The van der Waals surface area contributed by atoms with Crippen molar-refractivity contribution in [2.24, 2.45) is 17.8 Å². The summed E-state index contributed by atoms with van der Waals surface area (Å²) in [5, 5.41) is 2.30. The molecule has 2 aromatic rings. The molecule has 0 radical (unpaired) electrons. The second-order valence-electron chi connectivity index (χ2n) is 10.9. The molecule has 4 nitrogen and oxygen atoms in total.